The van der Waals surface area contributed by atoms with Crippen LogP contribution in [0.25, 0.3) is 0 Å². The van der Waals surface area contributed by atoms with Gasteiger partial charge in [-0.3, -0.25) is 4.79 Å². The molecule has 8 atom stereocenters. The van der Waals surface area contributed by atoms with Gasteiger partial charge in [-0.15, -0.1) is 0 Å². The highest BCUT2D eigenvalue weighted by Crippen LogP contribution is 2.66. The van der Waals surface area contributed by atoms with Crippen molar-refractivity contribution in [3.05, 3.63) is 22.8 Å². The van der Waals surface area contributed by atoms with Gasteiger partial charge in [0.05, 0.1) is 12.2 Å². The van der Waals surface area contributed by atoms with E-state index >= 15 is 0 Å². The van der Waals surface area contributed by atoms with Gasteiger partial charge in [0.1, 0.15) is 6.10 Å². The molecule has 0 spiro atoms. The summed E-state index contributed by atoms with van der Waals surface area (Å²) in [4.78, 5) is 11.6. The molecule has 4 rings (SSSR count). The van der Waals surface area contributed by atoms with Gasteiger partial charge in [-0.05, 0) is 122 Å². The third kappa shape index (κ3) is 5.82. The summed E-state index contributed by atoms with van der Waals surface area (Å²) < 4.78 is 12.8. The zero-order valence-electron chi connectivity index (χ0n) is 27.7. The van der Waals surface area contributed by atoms with Crippen molar-refractivity contribution in [1.29, 1.82) is 0 Å². The molecule has 228 valence electrons. The van der Waals surface area contributed by atoms with Crippen LogP contribution in [0.15, 0.2) is 22.8 Å². The molecule has 0 radical (unpaired) electrons. The molecule has 0 saturated heterocycles. The summed E-state index contributed by atoms with van der Waals surface area (Å²) in [5.74, 6) is 2.24. The zero-order chi connectivity index (χ0) is 29.8. The Kier molecular flexibility index (Phi) is 9.04. The number of allylic oxidation sites excluding steroid dienone is 1. The van der Waals surface area contributed by atoms with Gasteiger partial charge < -0.3 is 14.3 Å². The molecule has 0 bridgehead atoms. The highest BCUT2D eigenvalue weighted by Gasteiger charge is 2.60. The maximum absolute atomic E-state index is 11.8. The Morgan fingerprint density at radius 2 is 1.73 bits per heavy atom. The van der Waals surface area contributed by atoms with E-state index in [-0.39, 0.29) is 40.1 Å². The van der Waals surface area contributed by atoms with Crippen molar-refractivity contribution in [3.8, 4) is 0 Å². The van der Waals surface area contributed by atoms with E-state index in [4.69, 9.17) is 9.16 Å². The van der Waals surface area contributed by atoms with Crippen LogP contribution < -0.4 is 0 Å². The van der Waals surface area contributed by atoms with Crippen molar-refractivity contribution in [1.82, 2.24) is 0 Å². The lowest BCUT2D eigenvalue weighted by Crippen LogP contribution is -2.50. The number of aliphatic hydroxyl groups excluding tert-OH is 1. The van der Waals surface area contributed by atoms with Gasteiger partial charge in [0.25, 0.3) is 0 Å². The molecule has 3 fully saturated rings. The number of aliphatic hydroxyl groups is 1. The maximum atomic E-state index is 11.8. The SMILES string of the molecule is CC(=O)O[C@H]1CC[C@@]2(C)C(=CC[C@@H]3[C@@H]2CC[C@]2(C)/C(=C(\C)[C@@H](CCC(C)C)O[Si](C)(C)C(C)(C)C)[C@@H](O)C[C@@H]32)C1. The van der Waals surface area contributed by atoms with Gasteiger partial charge in [0.2, 0.25) is 0 Å². The number of hydrogen-bond donors (Lipinski definition) is 1. The first-order valence-corrected chi connectivity index (χ1v) is 19.2. The number of fused-ring (bicyclic) bond motifs is 5. The smallest absolute Gasteiger partial charge is 0.302 e. The fourth-order valence-electron chi connectivity index (χ4n) is 9.06. The van der Waals surface area contributed by atoms with E-state index in [0.717, 1.165) is 51.4 Å². The van der Waals surface area contributed by atoms with E-state index in [1.165, 1.54) is 30.1 Å². The second-order valence-electron chi connectivity index (χ2n) is 16.4. The van der Waals surface area contributed by atoms with Crippen LogP contribution in [0.5, 0.6) is 0 Å². The number of carbonyl (C=O) groups excluding carboxylic acids is 1. The summed E-state index contributed by atoms with van der Waals surface area (Å²) >= 11 is 0. The summed E-state index contributed by atoms with van der Waals surface area (Å²) in [6.07, 6.45) is 11.8. The van der Waals surface area contributed by atoms with E-state index < -0.39 is 8.32 Å². The van der Waals surface area contributed by atoms with Crippen LogP contribution in [0.2, 0.25) is 18.1 Å². The van der Waals surface area contributed by atoms with E-state index in [2.05, 4.69) is 74.6 Å². The standard InChI is InChI=1S/C35H60O4Si/c1-22(2)12-15-31(39-40(10,11)33(5,6)7)23(3)32-30(37)21-29-27-14-13-25-20-26(38-24(4)36)16-18-34(25,8)28(27)17-19-35(29,32)9/h13,22,26-31,37H,12,14-21H2,1-11H3/b32-23+/t26-,27+,28-,29-,30-,31+,34-,35-/m0/s1. The van der Waals surface area contributed by atoms with Crippen molar-refractivity contribution >= 4 is 14.3 Å². The summed E-state index contributed by atoms with van der Waals surface area (Å²) in [6.45, 7) is 25.1. The number of carbonyl (C=O) groups is 1. The molecule has 0 unspecified atom stereocenters. The monoisotopic (exact) mass is 572 g/mol. The predicted molar refractivity (Wildman–Crippen MR) is 167 cm³/mol. The normalized spacial score (nSPS) is 38.2. The molecule has 5 heteroatoms. The van der Waals surface area contributed by atoms with E-state index in [0.29, 0.717) is 23.7 Å². The average molecular weight is 573 g/mol. The Morgan fingerprint density at radius 3 is 2.33 bits per heavy atom. The quantitative estimate of drug-likeness (QED) is 0.188. The number of hydrogen-bond acceptors (Lipinski definition) is 4. The molecule has 3 saturated carbocycles. The van der Waals surface area contributed by atoms with E-state index in [1.54, 1.807) is 0 Å². The summed E-state index contributed by atoms with van der Waals surface area (Å²) in [6, 6.07) is 0. The molecular weight excluding hydrogens is 512 g/mol. The van der Waals surface area contributed by atoms with Crippen LogP contribution in [0.4, 0.5) is 0 Å². The van der Waals surface area contributed by atoms with Crippen molar-refractivity contribution in [2.24, 2.45) is 34.5 Å². The van der Waals surface area contributed by atoms with Crippen LogP contribution in [0.3, 0.4) is 0 Å². The molecule has 0 aromatic carbocycles. The number of ether oxygens (including phenoxy) is 1. The average Bonchev–Trinajstić information content (AvgIpc) is 3.10. The Labute approximate surface area is 246 Å². The van der Waals surface area contributed by atoms with Crippen molar-refractivity contribution in [2.45, 2.75) is 157 Å². The molecule has 0 aliphatic heterocycles. The van der Waals surface area contributed by atoms with E-state index in [9.17, 15) is 9.90 Å². The minimum atomic E-state index is -1.97. The first-order chi connectivity index (χ1) is 18.4. The number of esters is 1. The fraction of sp³-hybridized carbons (Fsp3) is 0.857. The van der Waals surface area contributed by atoms with Crippen molar-refractivity contribution in [2.75, 3.05) is 0 Å². The molecule has 0 heterocycles. The van der Waals surface area contributed by atoms with Crippen molar-refractivity contribution < 1.29 is 19.1 Å². The van der Waals surface area contributed by atoms with Crippen molar-refractivity contribution in [3.63, 3.8) is 0 Å². The lowest BCUT2D eigenvalue weighted by atomic mass is 9.47. The molecule has 40 heavy (non-hydrogen) atoms. The fourth-order valence-corrected chi connectivity index (χ4v) is 10.4. The van der Waals surface area contributed by atoms with Crippen LogP contribution in [0.1, 0.15) is 120 Å². The molecule has 0 amide bonds. The lowest BCUT2D eigenvalue weighted by molar-refractivity contribution is -0.148. The summed E-state index contributed by atoms with van der Waals surface area (Å²) in [5, 5.41) is 11.9. The Hall–Kier alpha value is -0.913. The predicted octanol–water partition coefficient (Wildman–Crippen LogP) is 8.99. The van der Waals surface area contributed by atoms with E-state index in [1.807, 2.05) is 0 Å². The third-order valence-corrected chi connectivity index (χ3v) is 16.8. The minimum Gasteiger partial charge on any atom is -0.462 e. The Balaban J connectivity index is 1.64. The lowest BCUT2D eigenvalue weighted by Gasteiger charge is -2.57. The molecule has 0 aromatic heterocycles. The largest absolute Gasteiger partial charge is 0.462 e. The van der Waals surface area contributed by atoms with Crippen LogP contribution >= 0.6 is 0 Å². The molecule has 0 aromatic rings. The van der Waals surface area contributed by atoms with Crippen LogP contribution in [-0.4, -0.2) is 37.7 Å². The highest BCUT2D eigenvalue weighted by atomic mass is 28.4. The topological polar surface area (TPSA) is 55.8 Å². The summed E-state index contributed by atoms with van der Waals surface area (Å²) in [5.41, 5.74) is 4.41. The molecule has 1 N–H and O–H groups in total. The molecule has 4 nitrogen and oxygen atoms in total. The summed E-state index contributed by atoms with van der Waals surface area (Å²) in [7, 11) is -1.97. The van der Waals surface area contributed by atoms with Crippen LogP contribution in [0, 0.1) is 34.5 Å². The molecule has 4 aliphatic rings. The minimum absolute atomic E-state index is 0.0359. The Morgan fingerprint density at radius 1 is 1.07 bits per heavy atom. The van der Waals surface area contributed by atoms with Gasteiger partial charge in [0.15, 0.2) is 8.32 Å². The second kappa shape index (κ2) is 11.3. The molecule has 4 aliphatic carbocycles. The number of rotatable bonds is 7. The van der Waals surface area contributed by atoms with Gasteiger partial charge in [-0.25, -0.2) is 0 Å². The van der Waals surface area contributed by atoms with Crippen LogP contribution in [-0.2, 0) is 14.0 Å². The third-order valence-electron chi connectivity index (χ3n) is 12.4. The first kappa shape index (κ1) is 32.0. The second-order valence-corrected chi connectivity index (χ2v) is 21.1. The van der Waals surface area contributed by atoms with Gasteiger partial charge in [-0.1, -0.05) is 60.1 Å². The van der Waals surface area contributed by atoms with Gasteiger partial charge >= 0.3 is 5.97 Å². The first-order valence-electron chi connectivity index (χ1n) is 16.3. The Bertz CT molecular complexity index is 1020. The maximum Gasteiger partial charge on any atom is 0.302 e. The molecular formula is C35H60O4Si. The van der Waals surface area contributed by atoms with Gasteiger partial charge in [0, 0.05) is 13.3 Å². The zero-order valence-corrected chi connectivity index (χ0v) is 28.7. The highest BCUT2D eigenvalue weighted by molar-refractivity contribution is 6.74. The van der Waals surface area contributed by atoms with Gasteiger partial charge in [-0.2, -0.15) is 0 Å².